The zero-order valence-corrected chi connectivity index (χ0v) is 7.93. The van der Waals surface area contributed by atoms with E-state index in [2.05, 4.69) is 20.8 Å². The van der Waals surface area contributed by atoms with Gasteiger partial charge in [-0.15, -0.1) is 0 Å². The number of hydrogen-bond acceptors (Lipinski definition) is 1. The van der Waals surface area contributed by atoms with Crippen LogP contribution in [0.3, 0.4) is 0 Å². The second kappa shape index (κ2) is 3.14. The monoisotopic (exact) mass is 156 g/mol. The van der Waals surface area contributed by atoms with Crippen LogP contribution in [0.15, 0.2) is 0 Å². The lowest BCUT2D eigenvalue weighted by Gasteiger charge is -2.30. The van der Waals surface area contributed by atoms with Crippen LogP contribution in [0.2, 0.25) is 0 Å². The van der Waals surface area contributed by atoms with E-state index in [0.29, 0.717) is 12.0 Å². The van der Waals surface area contributed by atoms with Gasteiger partial charge < -0.3 is 5.11 Å². The average Bonchev–Trinajstić information content (AvgIpc) is 2.61. The van der Waals surface area contributed by atoms with Crippen LogP contribution in [0.1, 0.15) is 40.0 Å². The van der Waals surface area contributed by atoms with Crippen molar-refractivity contribution in [1.29, 1.82) is 0 Å². The topological polar surface area (TPSA) is 20.2 Å². The first-order chi connectivity index (χ1) is 5.05. The molecular formula is C10H20O. The summed E-state index contributed by atoms with van der Waals surface area (Å²) < 4.78 is 0. The maximum atomic E-state index is 8.88. The van der Waals surface area contributed by atoms with Gasteiger partial charge in [-0.1, -0.05) is 20.8 Å². The molecule has 0 radical (unpaired) electrons. The molecule has 1 heteroatoms. The van der Waals surface area contributed by atoms with E-state index in [1.807, 2.05) is 0 Å². The smallest absolute Gasteiger partial charge is 0.0433 e. The molecule has 0 aromatic carbocycles. The molecule has 0 spiro atoms. The summed E-state index contributed by atoms with van der Waals surface area (Å²) in [5.41, 5.74) is 0.393. The summed E-state index contributed by atoms with van der Waals surface area (Å²) in [5, 5.41) is 8.88. The van der Waals surface area contributed by atoms with Crippen molar-refractivity contribution in [2.45, 2.75) is 40.0 Å². The zero-order chi connectivity index (χ0) is 8.48. The third-order valence-electron chi connectivity index (χ3n) is 2.74. The number of rotatable bonds is 3. The minimum atomic E-state index is 0.360. The van der Waals surface area contributed by atoms with Gasteiger partial charge in [0.25, 0.3) is 0 Å². The van der Waals surface area contributed by atoms with Crippen LogP contribution in [-0.2, 0) is 0 Å². The molecule has 1 unspecified atom stereocenters. The first-order valence-electron chi connectivity index (χ1n) is 4.66. The molecule has 0 saturated heterocycles. The summed E-state index contributed by atoms with van der Waals surface area (Å²) in [6.07, 6.45) is 3.78. The van der Waals surface area contributed by atoms with Gasteiger partial charge >= 0.3 is 0 Å². The predicted molar refractivity (Wildman–Crippen MR) is 47.4 cm³/mol. The lowest BCUT2D eigenvalue weighted by Crippen LogP contribution is -2.23. The van der Waals surface area contributed by atoms with Crippen molar-refractivity contribution in [2.24, 2.45) is 17.3 Å². The Balaban J connectivity index is 2.44. The maximum absolute atomic E-state index is 8.88. The van der Waals surface area contributed by atoms with Crippen LogP contribution < -0.4 is 0 Å². The van der Waals surface area contributed by atoms with Crippen molar-refractivity contribution in [1.82, 2.24) is 0 Å². The molecule has 1 N–H and O–H groups in total. The van der Waals surface area contributed by atoms with Crippen LogP contribution in [0.4, 0.5) is 0 Å². The zero-order valence-electron chi connectivity index (χ0n) is 7.93. The molecule has 1 atom stereocenters. The molecule has 0 heterocycles. The van der Waals surface area contributed by atoms with Gasteiger partial charge in [-0.2, -0.15) is 0 Å². The Morgan fingerprint density at radius 3 is 2.18 bits per heavy atom. The molecule has 1 saturated carbocycles. The summed E-state index contributed by atoms with van der Waals surface area (Å²) in [6.45, 7) is 7.21. The van der Waals surface area contributed by atoms with Crippen molar-refractivity contribution in [3.05, 3.63) is 0 Å². The molecular weight excluding hydrogens is 136 g/mol. The average molecular weight is 156 g/mol. The predicted octanol–water partition coefficient (Wildman–Crippen LogP) is 2.44. The van der Waals surface area contributed by atoms with E-state index in [1.54, 1.807) is 0 Å². The van der Waals surface area contributed by atoms with Gasteiger partial charge in [0.2, 0.25) is 0 Å². The van der Waals surface area contributed by atoms with Gasteiger partial charge in [0.15, 0.2) is 0 Å². The van der Waals surface area contributed by atoms with Gasteiger partial charge in [-0.3, -0.25) is 0 Å². The molecule has 1 nitrogen and oxygen atoms in total. The van der Waals surface area contributed by atoms with Crippen molar-refractivity contribution < 1.29 is 5.11 Å². The first kappa shape index (κ1) is 9.05. The molecule has 1 aliphatic carbocycles. The Hall–Kier alpha value is -0.0400. The lowest BCUT2D eigenvalue weighted by molar-refractivity contribution is 0.154. The van der Waals surface area contributed by atoms with Crippen molar-refractivity contribution in [3.63, 3.8) is 0 Å². The second-order valence-corrected chi connectivity index (χ2v) is 4.82. The molecule has 66 valence electrons. The van der Waals surface area contributed by atoms with Gasteiger partial charge in [0.1, 0.15) is 0 Å². The number of aliphatic hydroxyl groups is 1. The third-order valence-corrected chi connectivity index (χ3v) is 2.74. The number of aliphatic hydroxyl groups excluding tert-OH is 1. The lowest BCUT2D eigenvalue weighted by atomic mass is 9.76. The Kier molecular flexibility index (Phi) is 2.58. The first-order valence-corrected chi connectivity index (χ1v) is 4.66. The Labute approximate surface area is 69.8 Å². The fourth-order valence-corrected chi connectivity index (χ4v) is 2.01. The summed E-state index contributed by atoms with van der Waals surface area (Å²) in [7, 11) is 0. The minimum Gasteiger partial charge on any atom is -0.396 e. The van der Waals surface area contributed by atoms with Gasteiger partial charge in [-0.05, 0) is 36.5 Å². The second-order valence-electron chi connectivity index (χ2n) is 4.82. The highest BCUT2D eigenvalue weighted by molar-refractivity contribution is 4.87. The van der Waals surface area contributed by atoms with Crippen LogP contribution in [-0.4, -0.2) is 11.7 Å². The summed E-state index contributed by atoms with van der Waals surface area (Å²) in [6, 6.07) is 0. The van der Waals surface area contributed by atoms with Crippen LogP contribution in [0.25, 0.3) is 0 Å². The molecule has 0 aromatic rings. The Morgan fingerprint density at radius 1 is 1.36 bits per heavy atom. The molecule has 1 rings (SSSR count). The number of hydrogen-bond donors (Lipinski definition) is 1. The van der Waals surface area contributed by atoms with E-state index in [0.717, 1.165) is 18.3 Å². The largest absolute Gasteiger partial charge is 0.396 e. The highest BCUT2D eigenvalue weighted by Gasteiger charge is 2.37. The molecule has 11 heavy (non-hydrogen) atoms. The molecule has 0 amide bonds. The summed E-state index contributed by atoms with van der Waals surface area (Å²) in [5.74, 6) is 1.66. The summed E-state index contributed by atoms with van der Waals surface area (Å²) in [4.78, 5) is 0. The van der Waals surface area contributed by atoms with Gasteiger partial charge in [0, 0.05) is 6.61 Å². The molecule has 1 fully saturated rings. The van der Waals surface area contributed by atoms with Gasteiger partial charge in [0.05, 0.1) is 0 Å². The van der Waals surface area contributed by atoms with Crippen LogP contribution in [0.5, 0.6) is 0 Å². The maximum Gasteiger partial charge on any atom is 0.0433 e. The van der Waals surface area contributed by atoms with E-state index in [-0.39, 0.29) is 0 Å². The highest BCUT2D eigenvalue weighted by Crippen LogP contribution is 2.46. The van der Waals surface area contributed by atoms with E-state index in [9.17, 15) is 0 Å². The minimum absolute atomic E-state index is 0.360. The van der Waals surface area contributed by atoms with E-state index in [4.69, 9.17) is 5.11 Å². The fourth-order valence-electron chi connectivity index (χ4n) is 2.01. The Morgan fingerprint density at radius 2 is 1.91 bits per heavy atom. The molecule has 0 aromatic heterocycles. The molecule has 0 bridgehead atoms. The van der Waals surface area contributed by atoms with Crippen molar-refractivity contribution in [3.8, 4) is 0 Å². The highest BCUT2D eigenvalue weighted by atomic mass is 16.3. The normalized spacial score (nSPS) is 21.8. The van der Waals surface area contributed by atoms with Crippen LogP contribution >= 0.6 is 0 Å². The van der Waals surface area contributed by atoms with E-state index >= 15 is 0 Å². The fraction of sp³-hybridized carbons (Fsp3) is 1.00. The standard InChI is InChI=1S/C10H20O/c1-10(2,3)9(6-7-11)8-4-5-8/h8-9,11H,4-7H2,1-3H3. The van der Waals surface area contributed by atoms with Gasteiger partial charge in [-0.25, -0.2) is 0 Å². The SMILES string of the molecule is CC(C)(C)C(CCO)C1CC1. The third kappa shape index (κ3) is 2.48. The Bertz CT molecular complexity index is 119. The molecule has 0 aliphatic heterocycles. The van der Waals surface area contributed by atoms with Crippen molar-refractivity contribution >= 4 is 0 Å². The summed E-state index contributed by atoms with van der Waals surface area (Å²) >= 11 is 0. The van der Waals surface area contributed by atoms with E-state index < -0.39 is 0 Å². The molecule has 1 aliphatic rings. The van der Waals surface area contributed by atoms with Crippen molar-refractivity contribution in [2.75, 3.05) is 6.61 Å². The van der Waals surface area contributed by atoms with Crippen LogP contribution in [0, 0.1) is 17.3 Å². The quantitative estimate of drug-likeness (QED) is 0.665. The van der Waals surface area contributed by atoms with E-state index in [1.165, 1.54) is 12.8 Å².